The predicted molar refractivity (Wildman–Crippen MR) is 163 cm³/mol. The van der Waals surface area contributed by atoms with Crippen molar-refractivity contribution >= 4 is 23.4 Å². The average Bonchev–Trinajstić information content (AvgIpc) is 3.39. The number of carbonyl (C=O) groups is 1. The highest BCUT2D eigenvalue weighted by atomic mass is 32.1. The molecule has 3 heterocycles. The number of ether oxygens (including phenoxy) is 2. The maximum absolute atomic E-state index is 14.0. The van der Waals surface area contributed by atoms with Gasteiger partial charge in [0.2, 0.25) is 0 Å². The summed E-state index contributed by atoms with van der Waals surface area (Å²) in [5, 5.41) is 0. The van der Waals surface area contributed by atoms with E-state index in [4.69, 9.17) is 14.5 Å². The fourth-order valence-corrected chi connectivity index (χ4v) is 6.39. The van der Waals surface area contributed by atoms with E-state index in [9.17, 15) is 9.59 Å². The second-order valence-corrected chi connectivity index (χ2v) is 11.2. The van der Waals surface area contributed by atoms with Crippen molar-refractivity contribution in [2.45, 2.75) is 54.5 Å². The summed E-state index contributed by atoms with van der Waals surface area (Å²) in [6, 6.07) is 15.4. The second kappa shape index (κ2) is 11.4. The van der Waals surface area contributed by atoms with Crippen molar-refractivity contribution in [2.75, 3.05) is 13.2 Å². The van der Waals surface area contributed by atoms with Gasteiger partial charge in [-0.05, 0) is 107 Å². The Hall–Kier alpha value is -4.17. The fraction of sp³-hybridized carbons (Fsp3) is 0.303. The molecule has 212 valence electrons. The van der Waals surface area contributed by atoms with Crippen LogP contribution in [0.1, 0.15) is 60.5 Å². The van der Waals surface area contributed by atoms with E-state index in [1.807, 2.05) is 37.3 Å². The standard InChI is InChI=1S/C33H35N3O4S/c1-8-39-27-14-11-24(12-15-27)30-29(32(38)40-9-2)22(6)34-33-36(30)31(37)28(41-33)18-25-17-21(5)35(23(25)7)26-13-10-19(3)20(4)16-26/h10-18,30H,8-9H2,1-7H3/b28-18-/t30-/m0/s1. The first kappa shape index (κ1) is 28.4. The Bertz CT molecular complexity index is 1860. The molecule has 0 N–H and O–H groups in total. The van der Waals surface area contributed by atoms with E-state index >= 15 is 0 Å². The molecule has 5 rings (SSSR count). The molecule has 8 heteroatoms. The quantitative estimate of drug-likeness (QED) is 0.286. The van der Waals surface area contributed by atoms with E-state index in [1.54, 1.807) is 18.4 Å². The lowest BCUT2D eigenvalue weighted by Crippen LogP contribution is -2.39. The number of nitrogens with zero attached hydrogens (tertiary/aromatic N) is 3. The van der Waals surface area contributed by atoms with Gasteiger partial charge in [-0.1, -0.05) is 29.5 Å². The molecule has 2 aromatic carbocycles. The fourth-order valence-electron chi connectivity index (χ4n) is 5.36. The molecule has 41 heavy (non-hydrogen) atoms. The number of esters is 1. The predicted octanol–water partition coefficient (Wildman–Crippen LogP) is 5.22. The highest BCUT2D eigenvalue weighted by molar-refractivity contribution is 7.07. The van der Waals surface area contributed by atoms with Gasteiger partial charge in [0.25, 0.3) is 5.56 Å². The number of hydrogen-bond acceptors (Lipinski definition) is 6. The molecule has 1 atom stereocenters. The maximum atomic E-state index is 14.0. The Morgan fingerprint density at radius 1 is 0.976 bits per heavy atom. The van der Waals surface area contributed by atoms with Gasteiger partial charge < -0.3 is 14.0 Å². The molecule has 0 aliphatic carbocycles. The third kappa shape index (κ3) is 5.20. The largest absolute Gasteiger partial charge is 0.494 e. The van der Waals surface area contributed by atoms with E-state index in [0.29, 0.717) is 27.2 Å². The lowest BCUT2D eigenvalue weighted by atomic mass is 9.96. The monoisotopic (exact) mass is 569 g/mol. The number of aromatic nitrogens is 2. The summed E-state index contributed by atoms with van der Waals surface area (Å²) >= 11 is 1.33. The molecule has 0 amide bonds. The van der Waals surface area contributed by atoms with Gasteiger partial charge in [-0.2, -0.15) is 0 Å². The Morgan fingerprint density at radius 2 is 1.71 bits per heavy atom. The summed E-state index contributed by atoms with van der Waals surface area (Å²) in [4.78, 5) is 32.4. The molecule has 0 saturated carbocycles. The minimum absolute atomic E-state index is 0.196. The summed E-state index contributed by atoms with van der Waals surface area (Å²) in [6.45, 7) is 14.6. The first-order valence-electron chi connectivity index (χ1n) is 13.8. The third-order valence-corrected chi connectivity index (χ3v) is 8.51. The number of hydrogen-bond donors (Lipinski definition) is 0. The van der Waals surface area contributed by atoms with E-state index < -0.39 is 12.0 Å². The summed E-state index contributed by atoms with van der Waals surface area (Å²) in [5.74, 6) is 0.250. The van der Waals surface area contributed by atoms with Gasteiger partial charge in [-0.15, -0.1) is 0 Å². The average molecular weight is 570 g/mol. The van der Waals surface area contributed by atoms with E-state index in [2.05, 4.69) is 56.5 Å². The van der Waals surface area contributed by atoms with Gasteiger partial charge in [0.1, 0.15) is 5.75 Å². The molecule has 0 saturated heterocycles. The van der Waals surface area contributed by atoms with E-state index in [1.165, 1.54) is 22.5 Å². The normalized spacial score (nSPS) is 15.1. The van der Waals surface area contributed by atoms with Gasteiger partial charge in [0, 0.05) is 17.1 Å². The molecule has 0 unspecified atom stereocenters. The molecular formula is C33H35N3O4S. The number of benzene rings is 2. The van der Waals surface area contributed by atoms with Crippen LogP contribution in [0.25, 0.3) is 11.8 Å². The van der Waals surface area contributed by atoms with Crippen LogP contribution in [0.5, 0.6) is 5.75 Å². The second-order valence-electron chi connectivity index (χ2n) is 10.2. The molecule has 0 radical (unpaired) electrons. The zero-order valence-electron chi connectivity index (χ0n) is 24.6. The van der Waals surface area contributed by atoms with Crippen LogP contribution in [0.15, 0.2) is 69.6 Å². The van der Waals surface area contributed by atoms with Crippen LogP contribution in [0, 0.1) is 27.7 Å². The smallest absolute Gasteiger partial charge is 0.338 e. The summed E-state index contributed by atoms with van der Waals surface area (Å²) in [7, 11) is 0. The molecular weight excluding hydrogens is 534 g/mol. The van der Waals surface area contributed by atoms with Crippen molar-refractivity contribution in [1.82, 2.24) is 9.13 Å². The number of carbonyl (C=O) groups excluding carboxylic acids is 1. The lowest BCUT2D eigenvalue weighted by Gasteiger charge is -2.24. The van der Waals surface area contributed by atoms with Crippen LogP contribution in [0.2, 0.25) is 0 Å². The van der Waals surface area contributed by atoms with Crippen molar-refractivity contribution < 1.29 is 14.3 Å². The first-order chi connectivity index (χ1) is 19.6. The molecule has 7 nitrogen and oxygen atoms in total. The molecule has 4 aromatic rings. The van der Waals surface area contributed by atoms with Crippen molar-refractivity contribution in [3.05, 3.63) is 113 Å². The van der Waals surface area contributed by atoms with Crippen LogP contribution >= 0.6 is 11.3 Å². The third-order valence-electron chi connectivity index (χ3n) is 7.53. The molecule has 1 aliphatic rings. The summed E-state index contributed by atoms with van der Waals surface area (Å²) in [6.07, 6.45) is 1.93. The van der Waals surface area contributed by atoms with Crippen LogP contribution in [0.4, 0.5) is 0 Å². The molecule has 1 aliphatic heterocycles. The zero-order chi connectivity index (χ0) is 29.4. The van der Waals surface area contributed by atoms with Crippen LogP contribution in [0.3, 0.4) is 0 Å². The molecule has 0 spiro atoms. The first-order valence-corrected chi connectivity index (χ1v) is 14.6. The van der Waals surface area contributed by atoms with Gasteiger partial charge in [-0.3, -0.25) is 9.36 Å². The number of fused-ring (bicyclic) bond motifs is 1. The Balaban J connectivity index is 1.66. The zero-order valence-corrected chi connectivity index (χ0v) is 25.4. The lowest BCUT2D eigenvalue weighted by molar-refractivity contribution is -0.139. The van der Waals surface area contributed by atoms with Crippen molar-refractivity contribution in [2.24, 2.45) is 4.99 Å². The number of rotatable bonds is 7. The Kier molecular flexibility index (Phi) is 7.87. The van der Waals surface area contributed by atoms with Crippen LogP contribution in [-0.4, -0.2) is 28.3 Å². The van der Waals surface area contributed by atoms with Crippen LogP contribution < -0.4 is 19.6 Å². The number of thiazole rings is 1. The van der Waals surface area contributed by atoms with E-state index in [0.717, 1.165) is 34.0 Å². The molecule has 2 aromatic heterocycles. The van der Waals surface area contributed by atoms with Gasteiger partial charge in [0.05, 0.1) is 35.1 Å². The van der Waals surface area contributed by atoms with E-state index in [-0.39, 0.29) is 12.2 Å². The topological polar surface area (TPSA) is 74.8 Å². The Morgan fingerprint density at radius 3 is 2.37 bits per heavy atom. The van der Waals surface area contributed by atoms with Gasteiger partial charge in [0.15, 0.2) is 4.80 Å². The number of aryl methyl sites for hydroxylation is 3. The minimum Gasteiger partial charge on any atom is -0.494 e. The van der Waals surface area contributed by atoms with Crippen molar-refractivity contribution in [3.8, 4) is 11.4 Å². The molecule has 0 bridgehead atoms. The summed E-state index contributed by atoms with van der Waals surface area (Å²) in [5.41, 5.74) is 8.15. The van der Waals surface area contributed by atoms with Gasteiger partial charge >= 0.3 is 5.97 Å². The van der Waals surface area contributed by atoms with Crippen LogP contribution in [-0.2, 0) is 9.53 Å². The summed E-state index contributed by atoms with van der Waals surface area (Å²) < 4.78 is 15.4. The number of allylic oxidation sites excluding steroid dienone is 1. The van der Waals surface area contributed by atoms with Crippen molar-refractivity contribution in [1.29, 1.82) is 0 Å². The maximum Gasteiger partial charge on any atom is 0.338 e. The van der Waals surface area contributed by atoms with Gasteiger partial charge in [-0.25, -0.2) is 9.79 Å². The van der Waals surface area contributed by atoms with Crippen molar-refractivity contribution in [3.63, 3.8) is 0 Å². The molecule has 0 fully saturated rings. The highest BCUT2D eigenvalue weighted by Gasteiger charge is 2.33. The SMILES string of the molecule is CCOC(=O)C1=C(C)N=c2s/c(=C\c3cc(C)n(-c4ccc(C)c(C)c4)c3C)c(=O)n2[C@H]1c1ccc(OCC)cc1. The minimum atomic E-state index is -0.661. The highest BCUT2D eigenvalue weighted by Crippen LogP contribution is 2.32. The Labute approximate surface area is 243 Å².